The molecule has 1 aromatic carbocycles. The Morgan fingerprint density at radius 2 is 2.18 bits per heavy atom. The van der Waals surface area contributed by atoms with Crippen LogP contribution in [0.4, 0.5) is 0 Å². The van der Waals surface area contributed by atoms with E-state index in [1.165, 1.54) is 0 Å². The van der Waals surface area contributed by atoms with Crippen LogP contribution >= 0.6 is 0 Å². The number of nitrogens with zero attached hydrogens (tertiary/aromatic N) is 4. The number of aromatic nitrogens is 3. The lowest BCUT2D eigenvalue weighted by atomic mass is 10.1. The molecule has 0 fully saturated rings. The summed E-state index contributed by atoms with van der Waals surface area (Å²) in [4.78, 5) is 14.6. The number of benzene rings is 1. The van der Waals surface area contributed by atoms with Crippen molar-refractivity contribution in [3.05, 3.63) is 23.8 Å². The molecule has 0 radical (unpaired) electrons. The third-order valence-corrected chi connectivity index (χ3v) is 3.50. The van der Waals surface area contributed by atoms with Gasteiger partial charge in [0.2, 0.25) is 0 Å². The van der Waals surface area contributed by atoms with Crippen LogP contribution in [0, 0.1) is 5.92 Å². The van der Waals surface area contributed by atoms with Gasteiger partial charge < -0.3 is 9.64 Å². The smallest absolute Gasteiger partial charge is 0.254 e. The predicted octanol–water partition coefficient (Wildman–Crippen LogP) is 2.20. The van der Waals surface area contributed by atoms with E-state index >= 15 is 0 Å². The van der Waals surface area contributed by atoms with E-state index < -0.39 is 0 Å². The summed E-state index contributed by atoms with van der Waals surface area (Å²) < 4.78 is 6.93. The first kappa shape index (κ1) is 16.4. The molecule has 6 heteroatoms. The molecule has 1 heterocycles. The number of rotatable bonds is 7. The average molecular weight is 304 g/mol. The van der Waals surface area contributed by atoms with E-state index in [0.717, 1.165) is 17.6 Å². The SMILES string of the molecule is CCn1nnc2cc(C(=O)N(CCOC)CC(C)C)ccc21. The van der Waals surface area contributed by atoms with Crippen LogP contribution in [0.1, 0.15) is 31.1 Å². The Balaban J connectivity index is 2.25. The minimum Gasteiger partial charge on any atom is -0.383 e. The van der Waals surface area contributed by atoms with Gasteiger partial charge in [-0.05, 0) is 31.0 Å². The Bertz CT molecular complexity index is 636. The third kappa shape index (κ3) is 3.62. The molecule has 1 amide bonds. The molecule has 2 aromatic rings. The van der Waals surface area contributed by atoms with E-state index in [9.17, 15) is 4.79 Å². The van der Waals surface area contributed by atoms with Gasteiger partial charge in [0.05, 0.1) is 12.1 Å². The molecule has 0 aliphatic carbocycles. The highest BCUT2D eigenvalue weighted by Crippen LogP contribution is 2.15. The van der Waals surface area contributed by atoms with Crippen molar-refractivity contribution in [1.82, 2.24) is 19.9 Å². The van der Waals surface area contributed by atoms with Crippen molar-refractivity contribution in [2.75, 3.05) is 26.8 Å². The van der Waals surface area contributed by atoms with E-state index in [0.29, 0.717) is 31.2 Å². The van der Waals surface area contributed by atoms with Gasteiger partial charge in [-0.25, -0.2) is 4.68 Å². The lowest BCUT2D eigenvalue weighted by Crippen LogP contribution is -2.36. The Labute approximate surface area is 131 Å². The lowest BCUT2D eigenvalue weighted by molar-refractivity contribution is 0.0672. The van der Waals surface area contributed by atoms with E-state index in [2.05, 4.69) is 24.2 Å². The van der Waals surface area contributed by atoms with Crippen molar-refractivity contribution in [2.24, 2.45) is 5.92 Å². The number of aryl methyl sites for hydroxylation is 1. The Kier molecular flexibility index (Phi) is 5.49. The van der Waals surface area contributed by atoms with E-state index in [1.54, 1.807) is 7.11 Å². The maximum Gasteiger partial charge on any atom is 0.254 e. The largest absolute Gasteiger partial charge is 0.383 e. The molecule has 120 valence electrons. The maximum absolute atomic E-state index is 12.7. The zero-order chi connectivity index (χ0) is 16.1. The van der Waals surface area contributed by atoms with Crippen LogP contribution in [0.3, 0.4) is 0 Å². The number of amides is 1. The molecular formula is C16H24N4O2. The first-order valence-corrected chi connectivity index (χ1v) is 7.68. The molecule has 1 aromatic heterocycles. The molecule has 0 aliphatic rings. The van der Waals surface area contributed by atoms with Gasteiger partial charge in [0.1, 0.15) is 5.52 Å². The van der Waals surface area contributed by atoms with Crippen LogP contribution in [0.15, 0.2) is 18.2 Å². The fraction of sp³-hybridized carbons (Fsp3) is 0.562. The molecule has 0 bridgehead atoms. The molecular weight excluding hydrogens is 280 g/mol. The summed E-state index contributed by atoms with van der Waals surface area (Å²) in [5, 5.41) is 8.21. The number of carbonyl (C=O) groups is 1. The van der Waals surface area contributed by atoms with Gasteiger partial charge >= 0.3 is 0 Å². The van der Waals surface area contributed by atoms with Gasteiger partial charge in [0, 0.05) is 32.3 Å². The summed E-state index contributed by atoms with van der Waals surface area (Å²) in [7, 11) is 1.65. The first-order chi connectivity index (χ1) is 10.6. The number of methoxy groups -OCH3 is 1. The molecule has 0 aliphatic heterocycles. The molecule has 0 saturated heterocycles. The second-order valence-electron chi connectivity index (χ2n) is 5.75. The van der Waals surface area contributed by atoms with Gasteiger partial charge in [-0.15, -0.1) is 5.10 Å². The summed E-state index contributed by atoms with van der Waals surface area (Å²) in [6, 6.07) is 5.58. The van der Waals surface area contributed by atoms with Gasteiger partial charge in [0.15, 0.2) is 0 Å². The zero-order valence-electron chi connectivity index (χ0n) is 13.7. The van der Waals surface area contributed by atoms with Gasteiger partial charge in [-0.1, -0.05) is 19.1 Å². The van der Waals surface area contributed by atoms with E-state index in [-0.39, 0.29) is 5.91 Å². The highest BCUT2D eigenvalue weighted by Gasteiger charge is 2.18. The van der Waals surface area contributed by atoms with Crippen LogP contribution in [0.5, 0.6) is 0 Å². The van der Waals surface area contributed by atoms with Crippen molar-refractivity contribution >= 4 is 16.9 Å². The predicted molar refractivity (Wildman–Crippen MR) is 85.8 cm³/mol. The normalized spacial score (nSPS) is 11.3. The third-order valence-electron chi connectivity index (χ3n) is 3.50. The molecule has 0 unspecified atom stereocenters. The summed E-state index contributed by atoms with van der Waals surface area (Å²) >= 11 is 0. The molecule has 6 nitrogen and oxygen atoms in total. The summed E-state index contributed by atoms with van der Waals surface area (Å²) in [5.74, 6) is 0.421. The van der Waals surface area contributed by atoms with Gasteiger partial charge in [-0.3, -0.25) is 4.79 Å². The number of ether oxygens (including phenoxy) is 1. The van der Waals surface area contributed by atoms with Gasteiger partial charge in [0.25, 0.3) is 5.91 Å². The van der Waals surface area contributed by atoms with E-state index in [4.69, 9.17) is 4.74 Å². The quantitative estimate of drug-likeness (QED) is 0.787. The highest BCUT2D eigenvalue weighted by molar-refractivity contribution is 5.97. The van der Waals surface area contributed by atoms with Crippen molar-refractivity contribution in [3.63, 3.8) is 0 Å². The van der Waals surface area contributed by atoms with Crippen molar-refractivity contribution < 1.29 is 9.53 Å². The first-order valence-electron chi connectivity index (χ1n) is 7.68. The Morgan fingerprint density at radius 1 is 1.41 bits per heavy atom. The van der Waals surface area contributed by atoms with Crippen LogP contribution in [-0.2, 0) is 11.3 Å². The average Bonchev–Trinajstić information content (AvgIpc) is 2.92. The maximum atomic E-state index is 12.7. The minimum absolute atomic E-state index is 0.0127. The Morgan fingerprint density at radius 3 is 2.82 bits per heavy atom. The fourth-order valence-corrected chi connectivity index (χ4v) is 2.44. The topological polar surface area (TPSA) is 60.2 Å². The summed E-state index contributed by atoms with van der Waals surface area (Å²) in [5.41, 5.74) is 2.35. The lowest BCUT2D eigenvalue weighted by Gasteiger charge is -2.24. The van der Waals surface area contributed by atoms with Crippen LogP contribution in [0.25, 0.3) is 11.0 Å². The van der Waals surface area contributed by atoms with Gasteiger partial charge in [-0.2, -0.15) is 0 Å². The van der Waals surface area contributed by atoms with Crippen molar-refractivity contribution in [1.29, 1.82) is 0 Å². The Hall–Kier alpha value is -1.95. The summed E-state index contributed by atoms with van der Waals surface area (Å²) in [6.45, 7) is 8.81. The van der Waals surface area contributed by atoms with E-state index in [1.807, 2.05) is 34.7 Å². The minimum atomic E-state index is 0.0127. The second-order valence-corrected chi connectivity index (χ2v) is 5.75. The number of hydrogen-bond acceptors (Lipinski definition) is 4. The highest BCUT2D eigenvalue weighted by atomic mass is 16.5. The van der Waals surface area contributed by atoms with Crippen LogP contribution < -0.4 is 0 Å². The summed E-state index contributed by atoms with van der Waals surface area (Å²) in [6.07, 6.45) is 0. The number of carbonyl (C=O) groups excluding carboxylic acids is 1. The molecule has 22 heavy (non-hydrogen) atoms. The van der Waals surface area contributed by atoms with Crippen molar-refractivity contribution in [3.8, 4) is 0 Å². The van der Waals surface area contributed by atoms with Crippen molar-refractivity contribution in [2.45, 2.75) is 27.3 Å². The zero-order valence-corrected chi connectivity index (χ0v) is 13.7. The monoisotopic (exact) mass is 304 g/mol. The number of fused-ring (bicyclic) bond motifs is 1. The molecule has 0 N–H and O–H groups in total. The molecule has 0 spiro atoms. The van der Waals surface area contributed by atoms with Crippen LogP contribution in [-0.4, -0.2) is 52.6 Å². The molecule has 0 atom stereocenters. The number of hydrogen-bond donors (Lipinski definition) is 0. The van der Waals surface area contributed by atoms with Crippen LogP contribution in [0.2, 0.25) is 0 Å². The molecule has 0 saturated carbocycles. The second kappa shape index (κ2) is 7.35. The fourth-order valence-electron chi connectivity index (χ4n) is 2.44. The molecule has 2 rings (SSSR count). The standard InChI is InChI=1S/C16H24N4O2/c1-5-20-15-7-6-13(10-14(15)17-18-20)16(21)19(8-9-22-4)11-12(2)3/h6-7,10,12H,5,8-9,11H2,1-4H3.